The largest absolute Gasteiger partial charge is 0.368 e. The minimum absolute atomic E-state index is 0.266. The Hall–Kier alpha value is -1.55. The Morgan fingerprint density at radius 2 is 1.61 bits per heavy atom. The van der Waals surface area contributed by atoms with Gasteiger partial charge < -0.3 is 15.1 Å². The normalized spacial score (nSPS) is 20.3. The quantitative estimate of drug-likeness (QED) is 0.868. The molecule has 1 saturated heterocycles. The molecule has 1 N–H and O–H groups in total. The first kappa shape index (κ1) is 16.3. The number of para-hydroxylation sites is 1. The molecule has 4 heteroatoms. The van der Waals surface area contributed by atoms with Crippen molar-refractivity contribution in [1.29, 1.82) is 0 Å². The lowest BCUT2D eigenvalue weighted by molar-refractivity contribution is -0.130. The van der Waals surface area contributed by atoms with Crippen molar-refractivity contribution in [2.24, 2.45) is 0 Å². The van der Waals surface area contributed by atoms with Crippen LogP contribution in [0.2, 0.25) is 0 Å². The van der Waals surface area contributed by atoms with Gasteiger partial charge in [0.05, 0.1) is 6.54 Å². The predicted molar refractivity (Wildman–Crippen MR) is 94.7 cm³/mol. The van der Waals surface area contributed by atoms with Crippen molar-refractivity contribution in [1.82, 2.24) is 10.2 Å². The maximum absolute atomic E-state index is 12.4. The summed E-state index contributed by atoms with van der Waals surface area (Å²) in [4.78, 5) is 16.8. The molecule has 0 atom stereocenters. The van der Waals surface area contributed by atoms with E-state index in [1.54, 1.807) is 0 Å². The molecule has 1 amide bonds. The van der Waals surface area contributed by atoms with Gasteiger partial charge in [0.25, 0.3) is 0 Å². The Labute approximate surface area is 139 Å². The lowest BCUT2D eigenvalue weighted by Gasteiger charge is -2.36. The van der Waals surface area contributed by atoms with Crippen molar-refractivity contribution in [3.63, 3.8) is 0 Å². The molecule has 0 bridgehead atoms. The van der Waals surface area contributed by atoms with Gasteiger partial charge in [-0.3, -0.25) is 4.79 Å². The Balaban J connectivity index is 1.41. The highest BCUT2D eigenvalue weighted by atomic mass is 16.2. The van der Waals surface area contributed by atoms with Gasteiger partial charge in [-0.05, 0) is 25.0 Å². The molecule has 0 unspecified atom stereocenters. The summed E-state index contributed by atoms with van der Waals surface area (Å²) in [5.74, 6) is 0.266. The summed E-state index contributed by atoms with van der Waals surface area (Å²) in [5, 5.41) is 3.50. The summed E-state index contributed by atoms with van der Waals surface area (Å²) in [6, 6.07) is 11.0. The molecule has 0 aromatic heterocycles. The van der Waals surface area contributed by atoms with Crippen LogP contribution in [0.25, 0.3) is 0 Å². The second kappa shape index (κ2) is 8.34. The number of amides is 1. The average molecular weight is 315 g/mol. The van der Waals surface area contributed by atoms with Crippen LogP contribution in [0.4, 0.5) is 5.69 Å². The SMILES string of the molecule is O=C(CNC1CCCCCC1)N1CCN(c2ccccc2)CC1. The summed E-state index contributed by atoms with van der Waals surface area (Å²) >= 11 is 0. The topological polar surface area (TPSA) is 35.6 Å². The number of hydrogen-bond donors (Lipinski definition) is 1. The standard InChI is InChI=1S/C19H29N3O/c23-19(16-20-17-8-4-1-2-5-9-17)22-14-12-21(13-15-22)18-10-6-3-7-11-18/h3,6-7,10-11,17,20H,1-2,4-5,8-9,12-16H2. The Morgan fingerprint density at radius 1 is 0.957 bits per heavy atom. The van der Waals surface area contributed by atoms with Gasteiger partial charge in [-0.1, -0.05) is 43.9 Å². The number of rotatable bonds is 4. The minimum atomic E-state index is 0.266. The second-order valence-electron chi connectivity index (χ2n) is 6.77. The highest BCUT2D eigenvalue weighted by molar-refractivity contribution is 5.78. The van der Waals surface area contributed by atoms with Gasteiger partial charge in [-0.2, -0.15) is 0 Å². The number of carbonyl (C=O) groups excluding carboxylic acids is 1. The van der Waals surface area contributed by atoms with Gasteiger partial charge in [0.2, 0.25) is 5.91 Å². The van der Waals surface area contributed by atoms with Gasteiger partial charge in [0, 0.05) is 37.9 Å². The molecular formula is C19H29N3O. The molecule has 2 aliphatic rings. The highest BCUT2D eigenvalue weighted by Crippen LogP contribution is 2.18. The van der Waals surface area contributed by atoms with Crippen LogP contribution in [-0.2, 0) is 4.79 Å². The Morgan fingerprint density at radius 3 is 2.26 bits per heavy atom. The molecule has 126 valence electrons. The monoisotopic (exact) mass is 315 g/mol. The third kappa shape index (κ3) is 4.71. The maximum atomic E-state index is 12.4. The molecule has 1 aromatic carbocycles. The van der Waals surface area contributed by atoms with Crippen LogP contribution in [0.5, 0.6) is 0 Å². The van der Waals surface area contributed by atoms with Crippen molar-refractivity contribution in [3.8, 4) is 0 Å². The first-order valence-corrected chi connectivity index (χ1v) is 9.14. The van der Waals surface area contributed by atoms with Gasteiger partial charge >= 0.3 is 0 Å². The van der Waals surface area contributed by atoms with Crippen LogP contribution in [0, 0.1) is 0 Å². The van der Waals surface area contributed by atoms with E-state index in [2.05, 4.69) is 34.5 Å². The van der Waals surface area contributed by atoms with Gasteiger partial charge in [0.15, 0.2) is 0 Å². The lowest BCUT2D eigenvalue weighted by Crippen LogP contribution is -2.51. The zero-order valence-corrected chi connectivity index (χ0v) is 14.0. The van der Waals surface area contributed by atoms with Crippen LogP contribution in [0.15, 0.2) is 30.3 Å². The number of nitrogens with zero attached hydrogens (tertiary/aromatic N) is 2. The molecule has 3 rings (SSSR count). The molecule has 0 spiro atoms. The van der Waals surface area contributed by atoms with E-state index in [1.807, 2.05) is 11.0 Å². The van der Waals surface area contributed by atoms with Crippen LogP contribution in [0.3, 0.4) is 0 Å². The smallest absolute Gasteiger partial charge is 0.236 e. The first-order chi connectivity index (χ1) is 11.3. The molecular weight excluding hydrogens is 286 g/mol. The van der Waals surface area contributed by atoms with Crippen molar-refractivity contribution in [2.75, 3.05) is 37.6 Å². The Kier molecular flexibility index (Phi) is 5.92. The van der Waals surface area contributed by atoms with Crippen LogP contribution in [-0.4, -0.2) is 49.6 Å². The summed E-state index contributed by atoms with van der Waals surface area (Å²) < 4.78 is 0. The zero-order chi connectivity index (χ0) is 15.9. The summed E-state index contributed by atoms with van der Waals surface area (Å²) in [5.41, 5.74) is 1.26. The van der Waals surface area contributed by atoms with Crippen molar-refractivity contribution >= 4 is 11.6 Å². The van der Waals surface area contributed by atoms with E-state index in [1.165, 1.54) is 44.2 Å². The molecule has 1 aliphatic carbocycles. The van der Waals surface area contributed by atoms with E-state index in [4.69, 9.17) is 0 Å². The average Bonchev–Trinajstić information content (AvgIpc) is 2.89. The van der Waals surface area contributed by atoms with Crippen molar-refractivity contribution in [3.05, 3.63) is 30.3 Å². The maximum Gasteiger partial charge on any atom is 0.236 e. The number of anilines is 1. The van der Waals surface area contributed by atoms with Gasteiger partial charge in [0.1, 0.15) is 0 Å². The van der Waals surface area contributed by atoms with E-state index in [0.29, 0.717) is 12.6 Å². The third-order valence-corrected chi connectivity index (χ3v) is 5.15. The van der Waals surface area contributed by atoms with E-state index >= 15 is 0 Å². The molecule has 23 heavy (non-hydrogen) atoms. The first-order valence-electron chi connectivity index (χ1n) is 9.14. The van der Waals surface area contributed by atoms with Crippen LogP contribution < -0.4 is 10.2 Å². The van der Waals surface area contributed by atoms with Gasteiger partial charge in [-0.15, -0.1) is 0 Å². The van der Waals surface area contributed by atoms with E-state index in [0.717, 1.165) is 26.2 Å². The zero-order valence-electron chi connectivity index (χ0n) is 14.0. The number of carbonyl (C=O) groups is 1. The van der Waals surface area contributed by atoms with E-state index in [9.17, 15) is 4.79 Å². The van der Waals surface area contributed by atoms with Crippen LogP contribution >= 0.6 is 0 Å². The molecule has 1 heterocycles. The number of benzene rings is 1. The highest BCUT2D eigenvalue weighted by Gasteiger charge is 2.22. The number of nitrogens with one attached hydrogen (secondary N) is 1. The number of hydrogen-bond acceptors (Lipinski definition) is 3. The van der Waals surface area contributed by atoms with E-state index < -0.39 is 0 Å². The Bertz CT molecular complexity index is 475. The molecule has 1 aliphatic heterocycles. The summed E-state index contributed by atoms with van der Waals surface area (Å²) in [7, 11) is 0. The molecule has 1 aromatic rings. The fourth-order valence-electron chi connectivity index (χ4n) is 3.68. The van der Waals surface area contributed by atoms with Crippen molar-refractivity contribution < 1.29 is 4.79 Å². The fourth-order valence-corrected chi connectivity index (χ4v) is 3.68. The molecule has 4 nitrogen and oxygen atoms in total. The third-order valence-electron chi connectivity index (χ3n) is 5.15. The van der Waals surface area contributed by atoms with Crippen LogP contribution in [0.1, 0.15) is 38.5 Å². The number of piperazine rings is 1. The second-order valence-corrected chi connectivity index (χ2v) is 6.77. The van der Waals surface area contributed by atoms with Crippen molar-refractivity contribution in [2.45, 2.75) is 44.6 Å². The molecule has 0 radical (unpaired) electrons. The molecule has 1 saturated carbocycles. The molecule has 2 fully saturated rings. The summed E-state index contributed by atoms with van der Waals surface area (Å²) in [6.45, 7) is 4.04. The minimum Gasteiger partial charge on any atom is -0.368 e. The predicted octanol–water partition coefficient (Wildman–Crippen LogP) is 2.65. The van der Waals surface area contributed by atoms with E-state index in [-0.39, 0.29) is 5.91 Å². The van der Waals surface area contributed by atoms with Gasteiger partial charge in [-0.25, -0.2) is 0 Å². The summed E-state index contributed by atoms with van der Waals surface area (Å²) in [6.07, 6.45) is 7.79. The fraction of sp³-hybridized carbons (Fsp3) is 0.632. The lowest BCUT2D eigenvalue weighted by atomic mass is 10.1.